The summed E-state index contributed by atoms with van der Waals surface area (Å²) in [6, 6.07) is 13.3. The number of nitro groups is 1. The zero-order valence-electron chi connectivity index (χ0n) is 17.8. The summed E-state index contributed by atoms with van der Waals surface area (Å²) in [6.07, 6.45) is 1.98. The van der Waals surface area contributed by atoms with Crippen LogP contribution >= 0.6 is 0 Å². The Kier molecular flexibility index (Phi) is 5.76. The van der Waals surface area contributed by atoms with Crippen LogP contribution in [0.5, 0.6) is 0 Å². The Morgan fingerprint density at radius 1 is 1.06 bits per heavy atom. The summed E-state index contributed by atoms with van der Waals surface area (Å²) < 4.78 is 0. The first-order valence-electron chi connectivity index (χ1n) is 10.7. The van der Waals surface area contributed by atoms with E-state index < -0.39 is 17.0 Å². The predicted octanol–water partition coefficient (Wildman–Crippen LogP) is 3.25. The summed E-state index contributed by atoms with van der Waals surface area (Å²) >= 11 is 0. The minimum absolute atomic E-state index is 0.0119. The van der Waals surface area contributed by atoms with E-state index in [9.17, 15) is 19.7 Å². The molecule has 31 heavy (non-hydrogen) atoms. The average Bonchev–Trinajstić information content (AvgIpc) is 3.17. The van der Waals surface area contributed by atoms with E-state index in [2.05, 4.69) is 17.4 Å². The van der Waals surface area contributed by atoms with Gasteiger partial charge in [-0.1, -0.05) is 56.3 Å². The van der Waals surface area contributed by atoms with Gasteiger partial charge < -0.3 is 10.2 Å². The van der Waals surface area contributed by atoms with Gasteiger partial charge in [-0.2, -0.15) is 0 Å². The Balaban J connectivity index is 1.64. The van der Waals surface area contributed by atoms with Crippen LogP contribution in [0, 0.1) is 22.0 Å². The van der Waals surface area contributed by atoms with E-state index in [1.165, 1.54) is 17.2 Å². The Hall–Kier alpha value is -3.22. The summed E-state index contributed by atoms with van der Waals surface area (Å²) in [7, 11) is 0. The second-order valence-corrected chi connectivity index (χ2v) is 8.92. The van der Waals surface area contributed by atoms with Crippen molar-refractivity contribution in [1.82, 2.24) is 10.2 Å². The third kappa shape index (κ3) is 4.17. The fourth-order valence-corrected chi connectivity index (χ4v) is 4.81. The first-order chi connectivity index (χ1) is 14.8. The molecular weight excluding hydrogens is 394 g/mol. The van der Waals surface area contributed by atoms with Crippen LogP contribution in [0.25, 0.3) is 0 Å². The van der Waals surface area contributed by atoms with E-state index in [1.807, 2.05) is 26.0 Å². The van der Waals surface area contributed by atoms with Crippen LogP contribution in [0.3, 0.4) is 0 Å². The molecule has 1 aliphatic carbocycles. The van der Waals surface area contributed by atoms with Gasteiger partial charge in [-0.25, -0.2) is 0 Å². The maximum absolute atomic E-state index is 13.6. The van der Waals surface area contributed by atoms with Crippen molar-refractivity contribution in [2.45, 2.75) is 51.7 Å². The van der Waals surface area contributed by atoms with Crippen LogP contribution in [0.4, 0.5) is 5.69 Å². The molecule has 162 valence electrons. The van der Waals surface area contributed by atoms with Gasteiger partial charge in [0.2, 0.25) is 11.8 Å². The number of carbonyl (C=O) groups is 2. The van der Waals surface area contributed by atoms with Gasteiger partial charge in [0, 0.05) is 11.6 Å². The monoisotopic (exact) mass is 421 g/mol. The second kappa shape index (κ2) is 8.49. The lowest BCUT2D eigenvalue weighted by Crippen LogP contribution is -2.65. The minimum atomic E-state index is -0.632. The molecule has 2 atom stereocenters. The summed E-state index contributed by atoms with van der Waals surface area (Å²) in [5.41, 5.74) is 2.83. The van der Waals surface area contributed by atoms with Gasteiger partial charge in [0.1, 0.15) is 12.1 Å². The van der Waals surface area contributed by atoms with Crippen molar-refractivity contribution in [3.05, 3.63) is 75.3 Å². The minimum Gasteiger partial charge on any atom is -0.342 e. The van der Waals surface area contributed by atoms with Crippen molar-refractivity contribution in [2.24, 2.45) is 11.8 Å². The zero-order chi connectivity index (χ0) is 22.1. The number of benzene rings is 2. The van der Waals surface area contributed by atoms with E-state index in [0.717, 1.165) is 12.8 Å². The molecule has 0 saturated carbocycles. The number of nitrogens with one attached hydrogen (secondary N) is 1. The normalized spacial score (nSPS) is 21.3. The summed E-state index contributed by atoms with van der Waals surface area (Å²) in [4.78, 5) is 39.3. The van der Waals surface area contributed by atoms with E-state index in [4.69, 9.17) is 0 Å². The molecule has 0 spiro atoms. The lowest BCUT2D eigenvalue weighted by molar-refractivity contribution is -0.385. The summed E-state index contributed by atoms with van der Waals surface area (Å²) in [5.74, 6) is -0.139. The fourth-order valence-electron chi connectivity index (χ4n) is 4.81. The Labute approximate surface area is 181 Å². The molecule has 1 saturated heterocycles. The molecule has 2 aliphatic rings. The molecule has 0 aromatic heterocycles. The highest BCUT2D eigenvalue weighted by Gasteiger charge is 2.45. The van der Waals surface area contributed by atoms with Crippen molar-refractivity contribution in [2.75, 3.05) is 0 Å². The lowest BCUT2D eigenvalue weighted by Gasteiger charge is -2.41. The van der Waals surface area contributed by atoms with Gasteiger partial charge in [0.15, 0.2) is 0 Å². The van der Waals surface area contributed by atoms with Crippen molar-refractivity contribution in [3.63, 3.8) is 0 Å². The molecule has 2 unspecified atom stereocenters. The Morgan fingerprint density at radius 3 is 2.29 bits per heavy atom. The number of piperazine rings is 1. The highest BCUT2D eigenvalue weighted by molar-refractivity contribution is 5.97. The van der Waals surface area contributed by atoms with Crippen LogP contribution in [0.15, 0.2) is 48.5 Å². The quantitative estimate of drug-likeness (QED) is 0.572. The van der Waals surface area contributed by atoms with Crippen molar-refractivity contribution < 1.29 is 14.5 Å². The third-order valence-electron chi connectivity index (χ3n) is 6.30. The van der Waals surface area contributed by atoms with Crippen molar-refractivity contribution >= 4 is 17.5 Å². The fraction of sp³-hybridized carbons (Fsp3) is 0.417. The molecule has 2 aromatic carbocycles. The molecule has 0 radical (unpaired) electrons. The van der Waals surface area contributed by atoms with Gasteiger partial charge in [-0.3, -0.25) is 19.7 Å². The molecule has 1 heterocycles. The largest absolute Gasteiger partial charge is 0.342 e. The van der Waals surface area contributed by atoms with Crippen LogP contribution in [-0.2, 0) is 29.0 Å². The van der Waals surface area contributed by atoms with Crippen molar-refractivity contribution in [1.29, 1.82) is 0 Å². The Bertz CT molecular complexity index is 994. The molecule has 1 aliphatic heterocycles. The van der Waals surface area contributed by atoms with Gasteiger partial charge in [-0.05, 0) is 42.2 Å². The highest BCUT2D eigenvalue weighted by atomic mass is 16.6. The first-order valence-corrected chi connectivity index (χ1v) is 10.7. The summed E-state index contributed by atoms with van der Waals surface area (Å²) in [5, 5.41) is 14.5. The van der Waals surface area contributed by atoms with Crippen molar-refractivity contribution in [3.8, 4) is 0 Å². The lowest BCUT2D eigenvalue weighted by atomic mass is 9.89. The van der Waals surface area contributed by atoms with Gasteiger partial charge in [0.05, 0.1) is 11.5 Å². The number of amides is 2. The first kappa shape index (κ1) is 21.0. The predicted molar refractivity (Wildman–Crippen MR) is 116 cm³/mol. The molecule has 1 fully saturated rings. The standard InChI is InChI=1S/C24H27N3O4/c1-15(2)11-21-23(28)25-22(19-12-16-7-3-4-8-17(16)13-19)24(29)26(21)14-18-9-5-6-10-20(18)27(30)31/h3-10,15,19,21-22H,11-14H2,1-2H3,(H,25,28). The highest BCUT2D eigenvalue weighted by Crippen LogP contribution is 2.32. The van der Waals surface area contributed by atoms with E-state index in [-0.39, 0.29) is 35.9 Å². The maximum atomic E-state index is 13.6. The average molecular weight is 421 g/mol. The summed E-state index contributed by atoms with van der Waals surface area (Å²) in [6.45, 7) is 4.05. The second-order valence-electron chi connectivity index (χ2n) is 8.92. The Morgan fingerprint density at radius 2 is 1.68 bits per heavy atom. The third-order valence-corrected chi connectivity index (χ3v) is 6.30. The zero-order valence-corrected chi connectivity index (χ0v) is 17.8. The van der Waals surface area contributed by atoms with E-state index in [0.29, 0.717) is 12.0 Å². The number of hydrogen-bond acceptors (Lipinski definition) is 4. The molecular formula is C24H27N3O4. The van der Waals surface area contributed by atoms with Gasteiger partial charge >= 0.3 is 0 Å². The van der Waals surface area contributed by atoms with E-state index in [1.54, 1.807) is 23.1 Å². The SMILES string of the molecule is CC(C)CC1C(=O)NC(C2Cc3ccccc3C2)C(=O)N1Cc1ccccc1[N+](=O)[O-]. The van der Waals surface area contributed by atoms with Crippen LogP contribution in [0.1, 0.15) is 37.0 Å². The molecule has 4 rings (SSSR count). The molecule has 2 amide bonds. The molecule has 1 N–H and O–H groups in total. The van der Waals surface area contributed by atoms with Crippen LogP contribution < -0.4 is 5.32 Å². The number of rotatable bonds is 6. The smallest absolute Gasteiger partial charge is 0.274 e. The number of carbonyl (C=O) groups excluding carboxylic acids is 2. The van der Waals surface area contributed by atoms with E-state index >= 15 is 0 Å². The number of nitro benzene ring substituents is 1. The molecule has 7 nitrogen and oxygen atoms in total. The number of nitrogens with zero attached hydrogens (tertiary/aromatic N) is 2. The van der Waals surface area contributed by atoms with Gasteiger partial charge in [0.25, 0.3) is 5.69 Å². The molecule has 7 heteroatoms. The topological polar surface area (TPSA) is 92.6 Å². The maximum Gasteiger partial charge on any atom is 0.274 e. The van der Waals surface area contributed by atoms with Crippen LogP contribution in [-0.4, -0.2) is 33.7 Å². The molecule has 2 aromatic rings. The van der Waals surface area contributed by atoms with Gasteiger partial charge in [-0.15, -0.1) is 0 Å². The number of fused-ring (bicyclic) bond motifs is 1. The molecule has 0 bridgehead atoms. The number of hydrogen-bond donors (Lipinski definition) is 1. The number of para-hydroxylation sites is 1. The van der Waals surface area contributed by atoms with Crippen LogP contribution in [0.2, 0.25) is 0 Å².